The third-order valence-corrected chi connectivity index (χ3v) is 5.17. The van der Waals surface area contributed by atoms with E-state index >= 15 is 0 Å². The number of pyridine rings is 1. The number of benzene rings is 1. The van der Waals surface area contributed by atoms with Crippen LogP contribution in [0, 0.1) is 0 Å². The maximum atomic E-state index is 11.9. The molecule has 0 aliphatic heterocycles. The van der Waals surface area contributed by atoms with Crippen molar-refractivity contribution in [2.75, 3.05) is 11.5 Å². The average molecular weight is 300 g/mol. The van der Waals surface area contributed by atoms with Crippen molar-refractivity contribution in [1.29, 1.82) is 0 Å². The Morgan fingerprint density at radius 2 is 1.63 bits per heavy atom. The third kappa shape index (κ3) is 3.49. The Morgan fingerprint density at radius 3 is 2.32 bits per heavy atom. The predicted molar refractivity (Wildman–Crippen MR) is 71.8 cm³/mol. The molecule has 8 heteroatoms. The van der Waals surface area contributed by atoms with Crippen LogP contribution in [-0.4, -0.2) is 33.3 Å². The number of para-hydroxylation sites is 1. The number of nitrogens with zero attached hydrogens (tertiary/aromatic N) is 1. The van der Waals surface area contributed by atoms with Crippen molar-refractivity contribution >= 4 is 30.8 Å². The van der Waals surface area contributed by atoms with Crippen LogP contribution in [-0.2, 0) is 19.9 Å². The van der Waals surface area contributed by atoms with Crippen LogP contribution in [0.1, 0.15) is 0 Å². The van der Waals surface area contributed by atoms with Crippen LogP contribution >= 0.6 is 0 Å². The second-order valence-electron chi connectivity index (χ2n) is 4.03. The van der Waals surface area contributed by atoms with Gasteiger partial charge < -0.3 is 0 Å². The number of nitrogens with two attached hydrogens (primary N) is 1. The molecule has 6 nitrogen and oxygen atoms in total. The van der Waals surface area contributed by atoms with Crippen molar-refractivity contribution < 1.29 is 16.8 Å². The molecule has 1 heterocycles. The van der Waals surface area contributed by atoms with Gasteiger partial charge in [-0.2, -0.15) is 0 Å². The van der Waals surface area contributed by atoms with Gasteiger partial charge in [0.2, 0.25) is 10.0 Å². The fourth-order valence-electron chi connectivity index (χ4n) is 1.55. The summed E-state index contributed by atoms with van der Waals surface area (Å²) in [5, 5.41) is 5.47. The van der Waals surface area contributed by atoms with E-state index in [2.05, 4.69) is 4.98 Å². The molecule has 0 aliphatic rings. The van der Waals surface area contributed by atoms with Gasteiger partial charge in [0.05, 0.1) is 17.0 Å². The van der Waals surface area contributed by atoms with Gasteiger partial charge in [-0.15, -0.1) is 0 Å². The largest absolute Gasteiger partial charge is 0.236 e. The molecule has 0 aliphatic carbocycles. The molecule has 0 fully saturated rings. The maximum absolute atomic E-state index is 11.9. The minimum absolute atomic E-state index is 0.144. The highest BCUT2D eigenvalue weighted by Crippen LogP contribution is 2.15. The lowest BCUT2D eigenvalue weighted by Gasteiger charge is -2.04. The summed E-state index contributed by atoms with van der Waals surface area (Å²) < 4.78 is 45.5. The van der Waals surface area contributed by atoms with Gasteiger partial charge in [0.25, 0.3) is 0 Å². The minimum Gasteiger partial charge on any atom is -0.236 e. The quantitative estimate of drug-likeness (QED) is 0.873. The number of fused-ring (bicyclic) bond motifs is 1. The van der Waals surface area contributed by atoms with E-state index in [-0.39, 0.29) is 5.03 Å². The molecule has 19 heavy (non-hydrogen) atoms. The Bertz CT molecular complexity index is 813. The highest BCUT2D eigenvalue weighted by molar-refractivity contribution is 7.94. The zero-order valence-electron chi connectivity index (χ0n) is 9.85. The van der Waals surface area contributed by atoms with Crippen LogP contribution in [0.4, 0.5) is 0 Å². The standard InChI is InChI=1S/C11H12N2O4S2/c12-19(16,17)8-7-18(14,15)11-6-5-9-3-1-2-4-10(9)13-11/h1-6H,7-8H2,(H2,12,16,17). The first-order chi connectivity index (χ1) is 8.78. The molecule has 0 bridgehead atoms. The zero-order chi connectivity index (χ0) is 14.1. The monoisotopic (exact) mass is 300 g/mol. The van der Waals surface area contributed by atoms with Crippen molar-refractivity contribution in [2.45, 2.75) is 5.03 Å². The molecule has 0 saturated heterocycles. The lowest BCUT2D eigenvalue weighted by Crippen LogP contribution is -2.23. The smallest absolute Gasteiger partial charge is 0.210 e. The van der Waals surface area contributed by atoms with Gasteiger partial charge in [0, 0.05) is 5.39 Å². The summed E-state index contributed by atoms with van der Waals surface area (Å²) in [5.41, 5.74) is 0.541. The van der Waals surface area contributed by atoms with E-state index < -0.39 is 31.4 Å². The Balaban J connectivity index is 2.38. The van der Waals surface area contributed by atoms with Crippen molar-refractivity contribution in [3.63, 3.8) is 0 Å². The third-order valence-electron chi connectivity index (χ3n) is 2.53. The first kappa shape index (κ1) is 13.9. The van der Waals surface area contributed by atoms with Crippen molar-refractivity contribution in [3.05, 3.63) is 36.4 Å². The molecule has 0 atom stereocenters. The maximum Gasteiger partial charge on any atom is 0.210 e. The first-order valence-electron chi connectivity index (χ1n) is 5.37. The SMILES string of the molecule is NS(=O)(=O)CCS(=O)(=O)c1ccc2ccccc2n1. The second-order valence-corrected chi connectivity index (χ2v) is 7.82. The van der Waals surface area contributed by atoms with Gasteiger partial charge in [0.15, 0.2) is 14.9 Å². The number of hydrogen-bond donors (Lipinski definition) is 1. The number of sulfone groups is 1. The summed E-state index contributed by atoms with van der Waals surface area (Å²) in [7, 11) is -7.57. The highest BCUT2D eigenvalue weighted by Gasteiger charge is 2.19. The summed E-state index contributed by atoms with van der Waals surface area (Å²) in [4.78, 5) is 4.02. The summed E-state index contributed by atoms with van der Waals surface area (Å²) in [6.45, 7) is 0. The van der Waals surface area contributed by atoms with Gasteiger partial charge in [-0.25, -0.2) is 27.0 Å². The molecule has 2 aromatic rings. The van der Waals surface area contributed by atoms with E-state index in [1.807, 2.05) is 12.1 Å². The fourth-order valence-corrected chi connectivity index (χ4v) is 4.08. The summed E-state index contributed by atoms with van der Waals surface area (Å²) >= 11 is 0. The number of aromatic nitrogens is 1. The van der Waals surface area contributed by atoms with Gasteiger partial charge in [-0.05, 0) is 18.2 Å². The van der Waals surface area contributed by atoms with Crippen LogP contribution in [0.3, 0.4) is 0 Å². The molecule has 0 saturated carbocycles. The van der Waals surface area contributed by atoms with E-state index in [1.54, 1.807) is 18.2 Å². The molecule has 2 N–H and O–H groups in total. The van der Waals surface area contributed by atoms with Crippen LogP contribution in [0.5, 0.6) is 0 Å². The predicted octanol–water partition coefficient (Wildman–Crippen LogP) is 0.297. The molecular formula is C11H12N2O4S2. The number of hydrogen-bond acceptors (Lipinski definition) is 5. The number of primary sulfonamides is 1. The van der Waals surface area contributed by atoms with Gasteiger partial charge in [-0.3, -0.25) is 0 Å². The van der Waals surface area contributed by atoms with Crippen LogP contribution in [0.2, 0.25) is 0 Å². The molecular weight excluding hydrogens is 288 g/mol. The van der Waals surface area contributed by atoms with Crippen LogP contribution in [0.15, 0.2) is 41.4 Å². The van der Waals surface area contributed by atoms with Crippen molar-refractivity contribution in [2.24, 2.45) is 5.14 Å². The molecule has 102 valence electrons. The van der Waals surface area contributed by atoms with Crippen molar-refractivity contribution in [1.82, 2.24) is 4.98 Å². The lowest BCUT2D eigenvalue weighted by atomic mass is 10.2. The summed E-state index contributed by atoms with van der Waals surface area (Å²) in [6.07, 6.45) is 0. The number of sulfonamides is 1. The van der Waals surface area contributed by atoms with Crippen LogP contribution in [0.25, 0.3) is 10.9 Å². The Kier molecular flexibility index (Phi) is 3.57. The minimum atomic E-state index is -3.81. The molecule has 0 amide bonds. The van der Waals surface area contributed by atoms with Gasteiger partial charge in [-0.1, -0.05) is 18.2 Å². The molecule has 0 spiro atoms. The highest BCUT2D eigenvalue weighted by atomic mass is 32.2. The summed E-state index contributed by atoms with van der Waals surface area (Å²) in [6, 6.07) is 10.1. The molecule has 0 radical (unpaired) electrons. The van der Waals surface area contributed by atoms with E-state index in [0.29, 0.717) is 5.52 Å². The molecule has 2 rings (SSSR count). The van der Waals surface area contributed by atoms with Crippen molar-refractivity contribution in [3.8, 4) is 0 Å². The Labute approximate surface area is 111 Å². The molecule has 1 aromatic carbocycles. The Morgan fingerprint density at radius 1 is 0.947 bits per heavy atom. The fraction of sp³-hybridized carbons (Fsp3) is 0.182. The normalized spacial score (nSPS) is 12.7. The summed E-state index contributed by atoms with van der Waals surface area (Å²) in [5.74, 6) is -1.19. The first-order valence-corrected chi connectivity index (χ1v) is 8.74. The molecule has 1 aromatic heterocycles. The van der Waals surface area contributed by atoms with Gasteiger partial charge in [0.1, 0.15) is 0 Å². The van der Waals surface area contributed by atoms with Crippen LogP contribution < -0.4 is 5.14 Å². The Hall–Kier alpha value is -1.51. The number of rotatable bonds is 4. The van der Waals surface area contributed by atoms with E-state index in [4.69, 9.17) is 5.14 Å². The zero-order valence-corrected chi connectivity index (χ0v) is 11.5. The molecule has 0 unspecified atom stereocenters. The van der Waals surface area contributed by atoms with E-state index in [9.17, 15) is 16.8 Å². The lowest BCUT2D eigenvalue weighted by molar-refractivity contribution is 0.586. The van der Waals surface area contributed by atoms with Gasteiger partial charge >= 0.3 is 0 Å². The topological polar surface area (TPSA) is 107 Å². The van der Waals surface area contributed by atoms with E-state index in [1.165, 1.54) is 6.07 Å². The average Bonchev–Trinajstić information content (AvgIpc) is 2.35. The second kappa shape index (κ2) is 4.87. The van der Waals surface area contributed by atoms with E-state index in [0.717, 1.165) is 5.39 Å².